The van der Waals surface area contributed by atoms with Gasteiger partial charge >= 0.3 is 24.7 Å². The van der Waals surface area contributed by atoms with Crippen molar-refractivity contribution in [3.8, 4) is 0 Å². The molecule has 0 bridgehead atoms. The molecule has 0 N–H and O–H groups in total. The van der Waals surface area contributed by atoms with Gasteiger partial charge in [0.1, 0.15) is 0 Å². The van der Waals surface area contributed by atoms with Crippen molar-refractivity contribution >= 4 is 0 Å². The monoisotopic (exact) mass is 408 g/mol. The third kappa shape index (κ3) is 4.60. The summed E-state index contributed by atoms with van der Waals surface area (Å²) in [5.41, 5.74) is -12.2. The van der Waals surface area contributed by atoms with Crippen molar-refractivity contribution < 1.29 is 61.5 Å². The van der Waals surface area contributed by atoms with E-state index in [2.05, 4.69) is 0 Å². The largest absolute Gasteiger partial charge is 0.431 e. The normalized spacial score (nSPS) is 15.8. The van der Waals surface area contributed by atoms with Crippen LogP contribution in [0.2, 0.25) is 0 Å². The van der Waals surface area contributed by atoms with Crippen LogP contribution in [0.5, 0.6) is 0 Å². The standard InChI is InChI=1S/C11H10F14/c1-2-5(3-6(12,8(14,15)16)9(17,18)19)4-7(13,10(20,21)22)11(23,24)25/h5H,2-4H2,1H3. The minimum absolute atomic E-state index is 0.602. The van der Waals surface area contributed by atoms with Gasteiger partial charge in [-0.1, -0.05) is 13.3 Å². The van der Waals surface area contributed by atoms with E-state index in [1.54, 1.807) is 0 Å². The Morgan fingerprint density at radius 3 is 0.800 bits per heavy atom. The predicted molar refractivity (Wildman–Crippen MR) is 54.9 cm³/mol. The molecule has 0 aliphatic heterocycles. The van der Waals surface area contributed by atoms with Crippen LogP contribution in [0, 0.1) is 5.92 Å². The van der Waals surface area contributed by atoms with E-state index in [0.717, 1.165) is 0 Å². The molecule has 0 saturated heterocycles. The van der Waals surface area contributed by atoms with Crippen LogP contribution in [0.25, 0.3) is 0 Å². The van der Waals surface area contributed by atoms with Crippen molar-refractivity contribution in [1.29, 1.82) is 0 Å². The average Bonchev–Trinajstić information content (AvgIpc) is 2.31. The Balaban J connectivity index is 5.89. The molecule has 14 heteroatoms. The summed E-state index contributed by atoms with van der Waals surface area (Å²) in [6.45, 7) is 0.602. The van der Waals surface area contributed by atoms with E-state index >= 15 is 0 Å². The molecular formula is C11H10F14. The fourth-order valence-electron chi connectivity index (χ4n) is 1.94. The fourth-order valence-corrected chi connectivity index (χ4v) is 1.94. The summed E-state index contributed by atoms with van der Waals surface area (Å²) in [4.78, 5) is 0. The summed E-state index contributed by atoms with van der Waals surface area (Å²) < 4.78 is 175. The van der Waals surface area contributed by atoms with Gasteiger partial charge < -0.3 is 0 Å². The second-order valence-corrected chi connectivity index (χ2v) is 5.28. The highest BCUT2D eigenvalue weighted by Gasteiger charge is 2.75. The molecule has 0 heterocycles. The molecule has 0 aromatic heterocycles. The molecule has 0 rings (SSSR count). The molecule has 0 atom stereocenters. The topological polar surface area (TPSA) is 0 Å². The Labute approximate surface area is 131 Å². The van der Waals surface area contributed by atoms with E-state index in [0.29, 0.717) is 6.92 Å². The van der Waals surface area contributed by atoms with E-state index in [1.807, 2.05) is 0 Å². The number of hydrogen-bond acceptors (Lipinski definition) is 0. The van der Waals surface area contributed by atoms with E-state index in [-0.39, 0.29) is 0 Å². The molecule has 152 valence electrons. The Morgan fingerprint density at radius 2 is 0.680 bits per heavy atom. The fraction of sp³-hybridized carbons (Fsp3) is 1.00. The van der Waals surface area contributed by atoms with Gasteiger partial charge in [0.2, 0.25) is 0 Å². The van der Waals surface area contributed by atoms with Gasteiger partial charge in [-0.05, 0) is 5.92 Å². The highest BCUT2D eigenvalue weighted by Crippen LogP contribution is 2.54. The van der Waals surface area contributed by atoms with Gasteiger partial charge in [0.15, 0.2) is 0 Å². The van der Waals surface area contributed by atoms with Crippen molar-refractivity contribution in [2.45, 2.75) is 62.2 Å². The first-order valence-electron chi connectivity index (χ1n) is 6.28. The van der Waals surface area contributed by atoms with E-state index in [1.165, 1.54) is 0 Å². The minimum Gasteiger partial charge on any atom is -0.224 e. The molecular weight excluding hydrogens is 398 g/mol. The van der Waals surface area contributed by atoms with Gasteiger partial charge in [0, 0.05) is 12.8 Å². The Morgan fingerprint density at radius 1 is 0.480 bits per heavy atom. The van der Waals surface area contributed by atoms with Crippen LogP contribution >= 0.6 is 0 Å². The predicted octanol–water partition coefficient (Wildman–Crippen LogP) is 6.46. The maximum atomic E-state index is 13.5. The van der Waals surface area contributed by atoms with Crippen molar-refractivity contribution in [3.63, 3.8) is 0 Å². The summed E-state index contributed by atoms with van der Waals surface area (Å²) >= 11 is 0. The maximum absolute atomic E-state index is 13.5. The van der Waals surface area contributed by atoms with E-state index in [9.17, 15) is 61.5 Å². The summed E-state index contributed by atoms with van der Waals surface area (Å²) in [7, 11) is 0. The van der Waals surface area contributed by atoms with Crippen LogP contribution in [0.1, 0.15) is 26.2 Å². The molecule has 0 saturated carbocycles. The zero-order valence-corrected chi connectivity index (χ0v) is 12.0. The van der Waals surface area contributed by atoms with Gasteiger partial charge in [-0.25, -0.2) is 8.78 Å². The molecule has 0 radical (unpaired) electrons. The lowest BCUT2D eigenvalue weighted by atomic mass is 9.81. The zero-order valence-electron chi connectivity index (χ0n) is 12.0. The molecule has 0 nitrogen and oxygen atoms in total. The quantitative estimate of drug-likeness (QED) is 0.458. The van der Waals surface area contributed by atoms with Gasteiger partial charge in [-0.2, -0.15) is 52.7 Å². The molecule has 0 aliphatic carbocycles. The van der Waals surface area contributed by atoms with E-state index < -0.39 is 61.2 Å². The lowest BCUT2D eigenvalue weighted by molar-refractivity contribution is -0.356. The molecule has 25 heavy (non-hydrogen) atoms. The van der Waals surface area contributed by atoms with Crippen LogP contribution in [0.15, 0.2) is 0 Å². The zero-order chi connectivity index (χ0) is 20.7. The van der Waals surface area contributed by atoms with E-state index in [4.69, 9.17) is 0 Å². The van der Waals surface area contributed by atoms with Gasteiger partial charge in [0.25, 0.3) is 11.3 Å². The van der Waals surface area contributed by atoms with Crippen molar-refractivity contribution in [3.05, 3.63) is 0 Å². The first-order chi connectivity index (χ1) is 10.6. The molecule has 0 aromatic rings. The Hall–Kier alpha value is -0.980. The lowest BCUT2D eigenvalue weighted by Gasteiger charge is -2.36. The molecule has 0 unspecified atom stereocenters. The van der Waals surface area contributed by atoms with Crippen LogP contribution in [-0.4, -0.2) is 36.0 Å². The maximum Gasteiger partial charge on any atom is 0.431 e. The number of rotatable bonds is 5. The first-order valence-corrected chi connectivity index (χ1v) is 6.28. The van der Waals surface area contributed by atoms with Crippen LogP contribution in [-0.2, 0) is 0 Å². The highest BCUT2D eigenvalue weighted by molar-refractivity contribution is 5.00. The Kier molecular flexibility index (Phi) is 6.37. The highest BCUT2D eigenvalue weighted by atomic mass is 19.4. The molecule has 0 aromatic carbocycles. The first kappa shape index (κ1) is 24.0. The van der Waals surface area contributed by atoms with Gasteiger partial charge in [-0.15, -0.1) is 0 Å². The summed E-state index contributed by atoms with van der Waals surface area (Å²) in [5.74, 6) is -2.86. The van der Waals surface area contributed by atoms with Crippen molar-refractivity contribution in [1.82, 2.24) is 0 Å². The van der Waals surface area contributed by atoms with Gasteiger partial charge in [-0.3, -0.25) is 0 Å². The number of hydrogen-bond donors (Lipinski definition) is 0. The second kappa shape index (κ2) is 6.63. The minimum atomic E-state index is -6.67. The smallest absolute Gasteiger partial charge is 0.224 e. The molecule has 0 amide bonds. The molecule has 0 spiro atoms. The summed E-state index contributed by atoms with van der Waals surface area (Å²) in [6, 6.07) is 0. The molecule has 0 fully saturated rings. The van der Waals surface area contributed by atoms with Crippen LogP contribution in [0.3, 0.4) is 0 Å². The summed E-state index contributed by atoms with van der Waals surface area (Å²) in [6.07, 6.45) is -33.6. The third-order valence-corrected chi connectivity index (χ3v) is 3.51. The lowest BCUT2D eigenvalue weighted by Crippen LogP contribution is -2.57. The Bertz CT molecular complexity index is 368. The van der Waals surface area contributed by atoms with Crippen LogP contribution < -0.4 is 0 Å². The number of alkyl halides is 14. The third-order valence-electron chi connectivity index (χ3n) is 3.51. The average molecular weight is 408 g/mol. The number of halogens is 14. The van der Waals surface area contributed by atoms with Gasteiger partial charge in [0.05, 0.1) is 0 Å². The van der Waals surface area contributed by atoms with Crippen molar-refractivity contribution in [2.24, 2.45) is 5.92 Å². The second-order valence-electron chi connectivity index (χ2n) is 5.28. The van der Waals surface area contributed by atoms with Crippen molar-refractivity contribution in [2.75, 3.05) is 0 Å². The molecule has 0 aliphatic rings. The van der Waals surface area contributed by atoms with Crippen LogP contribution in [0.4, 0.5) is 61.5 Å². The SMILES string of the molecule is CCC(CC(F)(C(F)(F)F)C(F)(F)F)CC(F)(C(F)(F)F)C(F)(F)F. The summed E-state index contributed by atoms with van der Waals surface area (Å²) in [5, 5.41) is 0.